The van der Waals surface area contributed by atoms with E-state index in [0.29, 0.717) is 6.42 Å². The molecule has 2 rings (SSSR count). The van der Waals surface area contributed by atoms with Crippen LogP contribution in [-0.2, 0) is 17.1 Å². The molecule has 25 heavy (non-hydrogen) atoms. The maximum atomic E-state index is 12.3. The molecule has 2 aromatic rings. The Kier molecular flexibility index (Phi) is 6.22. The minimum atomic E-state index is -3.72. The molecule has 0 bridgehead atoms. The summed E-state index contributed by atoms with van der Waals surface area (Å²) in [5.41, 5.74) is 1.03. The monoisotopic (exact) mass is 365 g/mol. The van der Waals surface area contributed by atoms with E-state index < -0.39 is 16.0 Å². The van der Waals surface area contributed by atoms with Crippen molar-refractivity contribution in [3.63, 3.8) is 0 Å². The van der Waals surface area contributed by atoms with Crippen LogP contribution in [0.1, 0.15) is 23.8 Å². The summed E-state index contributed by atoms with van der Waals surface area (Å²) in [4.78, 5) is 13.2. The number of hydrogen-bond acceptors (Lipinski definition) is 4. The lowest BCUT2D eigenvalue weighted by Crippen LogP contribution is -2.29. The highest BCUT2D eigenvalue weighted by Gasteiger charge is 2.19. The Labute approximate surface area is 147 Å². The Morgan fingerprint density at radius 2 is 1.96 bits per heavy atom. The Bertz CT molecular complexity index is 816. The highest BCUT2D eigenvalue weighted by Crippen LogP contribution is 2.14. The molecule has 0 atom stereocenters. The largest absolute Gasteiger partial charge is 0.477 e. The van der Waals surface area contributed by atoms with Crippen LogP contribution in [-0.4, -0.2) is 43.7 Å². The minimum absolute atomic E-state index is 0.0391. The van der Waals surface area contributed by atoms with E-state index in [1.165, 1.54) is 17.8 Å². The molecule has 0 aliphatic heterocycles. The van der Waals surface area contributed by atoms with Gasteiger partial charge in [0.25, 0.3) is 0 Å². The summed E-state index contributed by atoms with van der Waals surface area (Å²) in [7, 11) is -2.22. The van der Waals surface area contributed by atoms with Gasteiger partial charge in [-0.2, -0.15) is 0 Å². The summed E-state index contributed by atoms with van der Waals surface area (Å²) >= 11 is 0. The van der Waals surface area contributed by atoms with Crippen molar-refractivity contribution in [2.45, 2.75) is 18.2 Å². The Morgan fingerprint density at radius 3 is 2.52 bits per heavy atom. The molecule has 0 saturated carbocycles. The van der Waals surface area contributed by atoms with E-state index in [1.54, 1.807) is 0 Å². The highest BCUT2D eigenvalue weighted by molar-refractivity contribution is 7.89. The third-order valence-corrected chi connectivity index (χ3v) is 5.34. The zero-order valence-electron chi connectivity index (χ0n) is 14.3. The van der Waals surface area contributed by atoms with Crippen molar-refractivity contribution in [2.24, 2.45) is 7.05 Å². The van der Waals surface area contributed by atoms with E-state index in [4.69, 9.17) is 5.11 Å². The fraction of sp³-hybridized carbons (Fsp3) is 0.353. The van der Waals surface area contributed by atoms with E-state index in [-0.39, 0.29) is 17.1 Å². The van der Waals surface area contributed by atoms with Gasteiger partial charge in [0.2, 0.25) is 10.0 Å². The van der Waals surface area contributed by atoms with Gasteiger partial charge in [-0.25, -0.2) is 17.9 Å². The number of anilines is 1. The van der Waals surface area contributed by atoms with Crippen LogP contribution < -0.4 is 9.62 Å². The number of nitrogens with zero attached hydrogens (tertiary/aromatic N) is 2. The lowest BCUT2D eigenvalue weighted by molar-refractivity contribution is 0.0686. The van der Waals surface area contributed by atoms with Crippen LogP contribution in [0.5, 0.6) is 0 Å². The van der Waals surface area contributed by atoms with Crippen molar-refractivity contribution in [3.05, 3.63) is 48.3 Å². The average Bonchev–Trinajstić information content (AvgIpc) is 2.99. The van der Waals surface area contributed by atoms with Gasteiger partial charge in [0.15, 0.2) is 0 Å². The molecule has 1 heterocycles. The number of benzene rings is 1. The fourth-order valence-electron chi connectivity index (χ4n) is 2.56. The molecule has 0 aliphatic rings. The van der Waals surface area contributed by atoms with Gasteiger partial charge in [0, 0.05) is 38.6 Å². The SMILES string of the molecule is CCN(CCCNS(=O)(=O)c1cc(C(=O)O)n(C)c1)c1ccccc1. The maximum absolute atomic E-state index is 12.3. The number of nitrogens with one attached hydrogen (secondary N) is 1. The second-order valence-corrected chi connectivity index (χ2v) is 7.41. The first-order valence-electron chi connectivity index (χ1n) is 8.04. The molecule has 0 amide bonds. The zero-order chi connectivity index (χ0) is 18.4. The summed E-state index contributed by atoms with van der Waals surface area (Å²) in [6, 6.07) is 11.1. The third-order valence-electron chi connectivity index (χ3n) is 3.91. The molecule has 1 aromatic carbocycles. The van der Waals surface area contributed by atoms with Crippen LogP contribution >= 0.6 is 0 Å². The summed E-state index contributed by atoms with van der Waals surface area (Å²) in [5, 5.41) is 9.01. The number of rotatable bonds is 9. The quantitative estimate of drug-likeness (QED) is 0.663. The number of carboxylic acids is 1. The molecule has 0 aliphatic carbocycles. The van der Waals surface area contributed by atoms with Gasteiger partial charge in [-0.05, 0) is 31.5 Å². The molecule has 136 valence electrons. The van der Waals surface area contributed by atoms with E-state index in [9.17, 15) is 13.2 Å². The van der Waals surface area contributed by atoms with Gasteiger partial charge >= 0.3 is 5.97 Å². The van der Waals surface area contributed by atoms with Crippen molar-refractivity contribution >= 4 is 21.7 Å². The van der Waals surface area contributed by atoms with Crippen LogP contribution in [0.25, 0.3) is 0 Å². The van der Waals surface area contributed by atoms with Gasteiger partial charge in [0.1, 0.15) is 10.6 Å². The van der Waals surface area contributed by atoms with Gasteiger partial charge in [-0.15, -0.1) is 0 Å². The van der Waals surface area contributed by atoms with E-state index in [0.717, 1.165) is 24.8 Å². The first kappa shape index (κ1) is 19.0. The normalized spacial score (nSPS) is 11.4. The number of carboxylic acid groups (broad SMARTS) is 1. The lowest BCUT2D eigenvalue weighted by Gasteiger charge is -2.23. The van der Waals surface area contributed by atoms with Crippen molar-refractivity contribution in [2.75, 3.05) is 24.5 Å². The van der Waals surface area contributed by atoms with Crippen LogP contribution in [0.3, 0.4) is 0 Å². The summed E-state index contributed by atoms with van der Waals surface area (Å²) in [6.45, 7) is 3.88. The summed E-state index contributed by atoms with van der Waals surface area (Å²) < 4.78 is 28.4. The standard InChI is InChI=1S/C17H23N3O4S/c1-3-20(14-8-5-4-6-9-14)11-7-10-18-25(23,24)15-12-16(17(21)22)19(2)13-15/h4-6,8-9,12-13,18H,3,7,10-11H2,1-2H3,(H,21,22). The topological polar surface area (TPSA) is 91.6 Å². The van der Waals surface area contributed by atoms with Crippen molar-refractivity contribution in [1.29, 1.82) is 0 Å². The lowest BCUT2D eigenvalue weighted by atomic mass is 10.2. The summed E-state index contributed by atoms with van der Waals surface area (Å²) in [5.74, 6) is -1.16. The van der Waals surface area contributed by atoms with Crippen LogP contribution in [0.15, 0.2) is 47.5 Å². The third kappa shape index (κ3) is 4.83. The highest BCUT2D eigenvalue weighted by atomic mass is 32.2. The average molecular weight is 365 g/mol. The van der Waals surface area contributed by atoms with Crippen LogP contribution in [0.2, 0.25) is 0 Å². The van der Waals surface area contributed by atoms with E-state index >= 15 is 0 Å². The predicted molar refractivity (Wildman–Crippen MR) is 96.5 cm³/mol. The Balaban J connectivity index is 1.92. The van der Waals surface area contributed by atoms with Crippen molar-refractivity contribution in [1.82, 2.24) is 9.29 Å². The Morgan fingerprint density at radius 1 is 1.28 bits per heavy atom. The first-order valence-corrected chi connectivity index (χ1v) is 9.52. The molecule has 0 radical (unpaired) electrons. The molecular weight excluding hydrogens is 342 g/mol. The number of aromatic nitrogens is 1. The smallest absolute Gasteiger partial charge is 0.352 e. The molecule has 0 fully saturated rings. The van der Waals surface area contributed by atoms with E-state index in [1.807, 2.05) is 30.3 Å². The molecule has 2 N–H and O–H groups in total. The predicted octanol–water partition coefficient (Wildman–Crippen LogP) is 1.92. The van der Waals surface area contributed by atoms with Crippen molar-refractivity contribution < 1.29 is 18.3 Å². The number of para-hydroxylation sites is 1. The molecule has 0 saturated heterocycles. The first-order chi connectivity index (χ1) is 11.8. The van der Waals surface area contributed by atoms with Gasteiger partial charge in [-0.3, -0.25) is 0 Å². The minimum Gasteiger partial charge on any atom is -0.477 e. The zero-order valence-corrected chi connectivity index (χ0v) is 15.2. The fourth-order valence-corrected chi connectivity index (χ4v) is 3.71. The second kappa shape index (κ2) is 8.17. The number of aromatic carboxylic acids is 1. The molecule has 8 heteroatoms. The number of carbonyl (C=O) groups is 1. The number of aryl methyl sites for hydroxylation is 1. The maximum Gasteiger partial charge on any atom is 0.352 e. The summed E-state index contributed by atoms with van der Waals surface area (Å²) in [6.07, 6.45) is 1.94. The van der Waals surface area contributed by atoms with Gasteiger partial charge < -0.3 is 14.6 Å². The molecular formula is C17H23N3O4S. The molecule has 7 nitrogen and oxygen atoms in total. The Hall–Kier alpha value is -2.32. The molecule has 1 aromatic heterocycles. The van der Waals surface area contributed by atoms with Crippen LogP contribution in [0.4, 0.5) is 5.69 Å². The molecule has 0 unspecified atom stereocenters. The second-order valence-electron chi connectivity index (χ2n) is 5.64. The van der Waals surface area contributed by atoms with Gasteiger partial charge in [-0.1, -0.05) is 18.2 Å². The van der Waals surface area contributed by atoms with Crippen LogP contribution in [0, 0.1) is 0 Å². The number of sulfonamides is 1. The van der Waals surface area contributed by atoms with Gasteiger partial charge in [0.05, 0.1) is 0 Å². The number of hydrogen-bond donors (Lipinski definition) is 2. The molecule has 0 spiro atoms. The van der Waals surface area contributed by atoms with E-state index in [2.05, 4.69) is 16.5 Å². The van der Waals surface area contributed by atoms with Crippen molar-refractivity contribution in [3.8, 4) is 0 Å².